The lowest BCUT2D eigenvalue weighted by Crippen LogP contribution is -2.47. The first kappa shape index (κ1) is 20.3. The summed E-state index contributed by atoms with van der Waals surface area (Å²) in [7, 11) is 1.27. The number of nitrogens with zero attached hydrogens (tertiary/aromatic N) is 4. The van der Waals surface area contributed by atoms with Crippen molar-refractivity contribution in [2.75, 3.05) is 43.1 Å². The molecule has 0 unspecified atom stereocenters. The van der Waals surface area contributed by atoms with Crippen LogP contribution < -0.4 is 9.80 Å². The number of hydrogen-bond donors (Lipinski definition) is 0. The predicted molar refractivity (Wildman–Crippen MR) is 104 cm³/mol. The standard InChI is InChI=1S/C19H16ClF3N4O3/c1-29-18(28)11-9-13(20)16(24-10-11)26-5-7-27(8-6-26)17-15-12(19(21,22)23)3-2-4-14(15)30-25-17/h2-4,9-10H,5-8H2,1H3. The SMILES string of the molecule is COC(=O)c1cnc(N2CCN(c3noc4cccc(C(F)(F)F)c34)CC2)c(Cl)c1. The summed E-state index contributed by atoms with van der Waals surface area (Å²) < 4.78 is 50.1. The van der Waals surface area contributed by atoms with Gasteiger partial charge in [-0.15, -0.1) is 0 Å². The fourth-order valence-electron chi connectivity index (χ4n) is 3.45. The Balaban J connectivity index is 1.55. The number of benzene rings is 1. The van der Waals surface area contributed by atoms with Crippen molar-refractivity contribution >= 4 is 40.2 Å². The number of anilines is 2. The molecule has 3 aromatic rings. The third-order valence-corrected chi connectivity index (χ3v) is 5.19. The van der Waals surface area contributed by atoms with E-state index in [9.17, 15) is 18.0 Å². The average Bonchev–Trinajstić information content (AvgIpc) is 3.16. The zero-order valence-corrected chi connectivity index (χ0v) is 16.5. The van der Waals surface area contributed by atoms with Crippen LogP contribution in [-0.4, -0.2) is 49.4 Å². The fraction of sp³-hybridized carbons (Fsp3) is 0.316. The lowest BCUT2D eigenvalue weighted by atomic mass is 10.1. The molecule has 0 atom stereocenters. The highest BCUT2D eigenvalue weighted by Gasteiger charge is 2.36. The van der Waals surface area contributed by atoms with E-state index in [2.05, 4.69) is 14.9 Å². The molecule has 30 heavy (non-hydrogen) atoms. The lowest BCUT2D eigenvalue weighted by molar-refractivity contribution is -0.136. The summed E-state index contributed by atoms with van der Waals surface area (Å²) in [6, 6.07) is 5.25. The molecule has 2 aromatic heterocycles. The van der Waals surface area contributed by atoms with Crippen LogP contribution in [0.1, 0.15) is 15.9 Å². The number of fused-ring (bicyclic) bond motifs is 1. The molecular formula is C19H16ClF3N4O3. The van der Waals surface area contributed by atoms with Gasteiger partial charge in [-0.3, -0.25) is 0 Å². The third-order valence-electron chi connectivity index (χ3n) is 4.91. The molecule has 0 spiro atoms. The maximum Gasteiger partial charge on any atom is 0.417 e. The molecule has 1 aliphatic heterocycles. The van der Waals surface area contributed by atoms with Crippen molar-refractivity contribution in [2.45, 2.75) is 6.18 Å². The third kappa shape index (κ3) is 3.62. The van der Waals surface area contributed by atoms with Crippen LogP contribution in [0.15, 0.2) is 35.0 Å². The first-order valence-corrected chi connectivity index (χ1v) is 9.36. The van der Waals surface area contributed by atoms with Crippen molar-refractivity contribution in [3.05, 3.63) is 46.6 Å². The largest absolute Gasteiger partial charge is 0.465 e. The number of pyridine rings is 1. The maximum absolute atomic E-state index is 13.4. The molecule has 158 valence electrons. The van der Waals surface area contributed by atoms with Crippen LogP contribution in [0.25, 0.3) is 11.0 Å². The van der Waals surface area contributed by atoms with Gasteiger partial charge in [0.2, 0.25) is 0 Å². The topological polar surface area (TPSA) is 71.7 Å². The molecule has 1 aromatic carbocycles. The summed E-state index contributed by atoms with van der Waals surface area (Å²) in [5, 5.41) is 4.13. The number of rotatable bonds is 3. The minimum Gasteiger partial charge on any atom is -0.465 e. The number of alkyl halides is 3. The van der Waals surface area contributed by atoms with Crippen LogP contribution >= 0.6 is 11.6 Å². The number of esters is 1. The van der Waals surface area contributed by atoms with E-state index < -0.39 is 17.7 Å². The molecule has 1 fully saturated rings. The van der Waals surface area contributed by atoms with E-state index in [1.54, 1.807) is 4.90 Å². The highest BCUT2D eigenvalue weighted by molar-refractivity contribution is 6.33. The Morgan fingerprint density at radius 2 is 1.83 bits per heavy atom. The zero-order valence-electron chi connectivity index (χ0n) is 15.7. The second kappa shape index (κ2) is 7.67. The molecule has 4 rings (SSSR count). The van der Waals surface area contributed by atoms with E-state index >= 15 is 0 Å². The van der Waals surface area contributed by atoms with Gasteiger partial charge in [0.25, 0.3) is 0 Å². The summed E-state index contributed by atoms with van der Waals surface area (Å²) in [5.41, 5.74) is -0.453. The molecule has 11 heteroatoms. The Morgan fingerprint density at radius 3 is 2.43 bits per heavy atom. The summed E-state index contributed by atoms with van der Waals surface area (Å²) in [5.74, 6) is 0.113. The van der Waals surface area contributed by atoms with E-state index in [1.807, 2.05) is 4.90 Å². The molecule has 0 amide bonds. The van der Waals surface area contributed by atoms with Crippen LogP contribution in [0.3, 0.4) is 0 Å². The fourth-order valence-corrected chi connectivity index (χ4v) is 3.74. The van der Waals surface area contributed by atoms with Gasteiger partial charge in [-0.25, -0.2) is 9.78 Å². The molecule has 0 bridgehead atoms. The number of methoxy groups -OCH3 is 1. The van der Waals surface area contributed by atoms with Crippen molar-refractivity contribution in [1.82, 2.24) is 10.1 Å². The number of aromatic nitrogens is 2. The van der Waals surface area contributed by atoms with Crippen LogP contribution in [-0.2, 0) is 10.9 Å². The van der Waals surface area contributed by atoms with Crippen LogP contribution in [0, 0.1) is 0 Å². The van der Waals surface area contributed by atoms with Gasteiger partial charge in [0.1, 0.15) is 5.82 Å². The first-order chi connectivity index (χ1) is 14.3. The quantitative estimate of drug-likeness (QED) is 0.570. The highest BCUT2D eigenvalue weighted by Crippen LogP contribution is 2.39. The van der Waals surface area contributed by atoms with Gasteiger partial charge in [0.05, 0.1) is 28.6 Å². The van der Waals surface area contributed by atoms with Gasteiger partial charge in [0, 0.05) is 32.4 Å². The summed E-state index contributed by atoms with van der Waals surface area (Å²) in [6.45, 7) is 1.69. The Morgan fingerprint density at radius 1 is 1.17 bits per heavy atom. The highest BCUT2D eigenvalue weighted by atomic mass is 35.5. The van der Waals surface area contributed by atoms with Crippen molar-refractivity contribution in [1.29, 1.82) is 0 Å². The molecule has 0 radical (unpaired) electrons. The van der Waals surface area contributed by atoms with Crippen molar-refractivity contribution in [3.8, 4) is 0 Å². The van der Waals surface area contributed by atoms with Crippen LogP contribution in [0.5, 0.6) is 0 Å². The number of hydrogen-bond acceptors (Lipinski definition) is 7. The Bertz CT molecular complexity index is 1090. The first-order valence-electron chi connectivity index (χ1n) is 8.99. The molecule has 1 aliphatic rings. The number of piperazine rings is 1. The van der Waals surface area contributed by atoms with Gasteiger partial charge < -0.3 is 19.1 Å². The summed E-state index contributed by atoms with van der Waals surface area (Å²) in [4.78, 5) is 19.5. The van der Waals surface area contributed by atoms with E-state index in [1.165, 1.54) is 31.5 Å². The molecule has 3 heterocycles. The number of ether oxygens (including phenoxy) is 1. The van der Waals surface area contributed by atoms with Crippen molar-refractivity contribution in [2.24, 2.45) is 0 Å². The van der Waals surface area contributed by atoms with Gasteiger partial charge in [-0.2, -0.15) is 13.2 Å². The number of carbonyl (C=O) groups excluding carboxylic acids is 1. The Labute approximate surface area is 173 Å². The minimum absolute atomic E-state index is 0.0444. The summed E-state index contributed by atoms with van der Waals surface area (Å²) >= 11 is 6.27. The van der Waals surface area contributed by atoms with Gasteiger partial charge >= 0.3 is 12.1 Å². The smallest absolute Gasteiger partial charge is 0.417 e. The summed E-state index contributed by atoms with van der Waals surface area (Å²) in [6.07, 6.45) is -3.14. The monoisotopic (exact) mass is 440 g/mol. The Kier molecular flexibility index (Phi) is 5.19. The molecule has 0 saturated carbocycles. The molecular weight excluding hydrogens is 425 g/mol. The molecule has 1 saturated heterocycles. The number of carbonyl (C=O) groups is 1. The molecule has 0 aliphatic carbocycles. The van der Waals surface area contributed by atoms with Gasteiger partial charge in [-0.05, 0) is 18.2 Å². The van der Waals surface area contributed by atoms with E-state index in [0.29, 0.717) is 32.0 Å². The van der Waals surface area contributed by atoms with Gasteiger partial charge in [0.15, 0.2) is 11.4 Å². The van der Waals surface area contributed by atoms with Gasteiger partial charge in [-0.1, -0.05) is 22.8 Å². The maximum atomic E-state index is 13.4. The van der Waals surface area contributed by atoms with E-state index in [-0.39, 0.29) is 27.4 Å². The lowest BCUT2D eigenvalue weighted by Gasteiger charge is -2.35. The molecule has 7 nitrogen and oxygen atoms in total. The van der Waals surface area contributed by atoms with Crippen LogP contribution in [0.4, 0.5) is 24.8 Å². The van der Waals surface area contributed by atoms with E-state index in [4.69, 9.17) is 16.1 Å². The number of halogens is 4. The van der Waals surface area contributed by atoms with E-state index in [0.717, 1.165) is 6.07 Å². The predicted octanol–water partition coefficient (Wildman–Crippen LogP) is 4.01. The van der Waals surface area contributed by atoms with Crippen LogP contribution in [0.2, 0.25) is 5.02 Å². The second-order valence-corrected chi connectivity index (χ2v) is 7.08. The normalized spacial score (nSPS) is 15.0. The average molecular weight is 441 g/mol. The Hall–Kier alpha value is -3.01. The van der Waals surface area contributed by atoms with Crippen molar-refractivity contribution in [3.63, 3.8) is 0 Å². The van der Waals surface area contributed by atoms with Crippen molar-refractivity contribution < 1.29 is 27.2 Å². The second-order valence-electron chi connectivity index (χ2n) is 6.68. The minimum atomic E-state index is -4.51. The molecule has 0 N–H and O–H groups in total. The zero-order chi connectivity index (χ0) is 21.5.